The van der Waals surface area contributed by atoms with Gasteiger partial charge in [-0.1, -0.05) is 54.9 Å². The Morgan fingerprint density at radius 1 is 0.681 bits per heavy atom. The first-order chi connectivity index (χ1) is 19.8. The minimum absolute atomic E-state index is 0. The van der Waals surface area contributed by atoms with Crippen molar-refractivity contribution >= 4 is 31.2 Å². The molecule has 0 spiro atoms. The molecule has 4 aliphatic rings. The summed E-state index contributed by atoms with van der Waals surface area (Å²) < 4.78 is 120. The van der Waals surface area contributed by atoms with E-state index < -0.39 is 60.8 Å². The number of hydrogen-bond donors (Lipinski definition) is 0. The molecule has 0 radical (unpaired) electrons. The summed E-state index contributed by atoms with van der Waals surface area (Å²) in [6, 6.07) is 0. The molecule has 0 saturated heterocycles. The second kappa shape index (κ2) is 17.0. The predicted molar refractivity (Wildman–Crippen MR) is 157 cm³/mol. The van der Waals surface area contributed by atoms with E-state index in [1.54, 1.807) is 0 Å². The molecule has 0 aromatic rings. The summed E-state index contributed by atoms with van der Waals surface area (Å²) >= 11 is 0. The van der Waals surface area contributed by atoms with E-state index in [0.717, 1.165) is 38.5 Å². The van der Waals surface area contributed by atoms with Crippen LogP contribution in [0.4, 0.5) is 0 Å². The largest absolute Gasteiger partial charge is 1.00 e. The van der Waals surface area contributed by atoms with Gasteiger partial charge in [-0.05, 0) is 109 Å². The van der Waals surface area contributed by atoms with Gasteiger partial charge in [-0.3, -0.25) is 12.5 Å². The van der Waals surface area contributed by atoms with Gasteiger partial charge in [0.1, 0.15) is 12.2 Å². The van der Waals surface area contributed by atoms with Crippen molar-refractivity contribution in [2.75, 3.05) is 0 Å². The first-order valence-corrected chi connectivity index (χ1v) is 19.8. The van der Waals surface area contributed by atoms with Crippen LogP contribution >= 0.6 is 0 Å². The summed E-state index contributed by atoms with van der Waals surface area (Å²) in [6.07, 6.45) is 1.15. The summed E-state index contributed by atoms with van der Waals surface area (Å²) in [5.41, 5.74) is -0.700. The molecule has 4 saturated carbocycles. The van der Waals surface area contributed by atoms with Crippen LogP contribution in [0.1, 0.15) is 106 Å². The van der Waals surface area contributed by atoms with Gasteiger partial charge in [0.05, 0.1) is 6.10 Å². The third-order valence-electron chi connectivity index (χ3n) is 12.6. The van der Waals surface area contributed by atoms with Crippen LogP contribution in [0.2, 0.25) is 0 Å². The second-order valence-electron chi connectivity index (χ2n) is 15.8. The summed E-state index contributed by atoms with van der Waals surface area (Å²) in [6.45, 7) is 15.6. The molecule has 258 valence electrons. The fourth-order valence-electron chi connectivity index (χ4n) is 10.1. The normalized spacial score (nSPS) is 38.7. The van der Waals surface area contributed by atoms with Crippen LogP contribution in [0, 0.1) is 57.7 Å². The molecular weight excluding hydrogens is 705 g/mol. The van der Waals surface area contributed by atoms with Crippen molar-refractivity contribution in [2.24, 2.45) is 57.7 Å². The zero-order valence-electron chi connectivity index (χ0n) is 29.8. The van der Waals surface area contributed by atoms with Gasteiger partial charge in [-0.15, -0.1) is 0 Å². The van der Waals surface area contributed by atoms with Gasteiger partial charge in [0.15, 0.2) is 0 Å². The van der Waals surface area contributed by atoms with E-state index in [1.807, 2.05) is 6.92 Å². The Hall–Kier alpha value is 2.61. The van der Waals surface area contributed by atoms with E-state index in [1.165, 1.54) is 0 Å². The third-order valence-corrected chi connectivity index (χ3v) is 14.1. The average molecular weight is 755 g/mol. The maximum absolute atomic E-state index is 11.9. The van der Waals surface area contributed by atoms with Crippen LogP contribution in [-0.2, 0) is 43.7 Å². The zero-order chi connectivity index (χ0) is 33.3. The predicted octanol–water partition coefficient (Wildman–Crippen LogP) is -4.49. The molecule has 0 bridgehead atoms. The SMILES string of the molecule is C[C@H](CC[C@H](C)C(C)(C)C)[C@H]1CC[C@H]2C3C[C@H](OS(=O)(=O)[O-])[C@H]4C[C@H](OS(=O)(=O)[O-])[C@@H](OS(=O)(=O)[O-])C[C@]4(C)[C@H]3CC[C@]12C.[Na+].[Na+].[Na+]. The molecule has 47 heavy (non-hydrogen) atoms. The molecule has 0 aromatic carbocycles. The van der Waals surface area contributed by atoms with Crippen molar-refractivity contribution in [1.29, 1.82) is 0 Å². The second-order valence-corrected chi connectivity index (χ2v) is 18.9. The standard InChI is InChI=1S/C29H52O12S3.3Na/c1-17(8-9-18(2)27(3,4)5)20-10-11-21-19-14-24(39-42(30,31)32)23-15-25(40-43(33,34)35)26(41-44(36,37)38)16-29(23,7)22(19)12-13-28(20,21)6;;;/h17-26H,8-16H2,1-7H3,(H,30,31,32)(H,33,34,35)(H,36,37,38);;;/q;3*+1/p-3/t17-,18+,19?,20-,21+,22+,23-,24+,25+,26+,28-,29-;;;/m1.../s1. The van der Waals surface area contributed by atoms with Crippen LogP contribution in [0.15, 0.2) is 0 Å². The first-order valence-electron chi connectivity index (χ1n) is 15.8. The van der Waals surface area contributed by atoms with Gasteiger partial charge >= 0.3 is 88.7 Å². The summed E-state index contributed by atoms with van der Waals surface area (Å²) in [5, 5.41) is 0. The molecule has 1 unspecified atom stereocenters. The fraction of sp³-hybridized carbons (Fsp3) is 1.00. The van der Waals surface area contributed by atoms with E-state index in [4.69, 9.17) is 8.37 Å². The third kappa shape index (κ3) is 11.3. The summed E-state index contributed by atoms with van der Waals surface area (Å²) in [7, 11) is -15.8. The van der Waals surface area contributed by atoms with Crippen molar-refractivity contribution in [3.8, 4) is 0 Å². The molecule has 4 aliphatic carbocycles. The molecular formula is C29H49Na3O12S3. The van der Waals surface area contributed by atoms with Crippen molar-refractivity contribution in [3.63, 3.8) is 0 Å². The molecule has 0 aliphatic heterocycles. The molecule has 12 nitrogen and oxygen atoms in total. The summed E-state index contributed by atoms with van der Waals surface area (Å²) in [4.78, 5) is 0. The van der Waals surface area contributed by atoms with Gasteiger partial charge in [-0.2, -0.15) is 0 Å². The molecule has 0 amide bonds. The van der Waals surface area contributed by atoms with Crippen molar-refractivity contribution in [3.05, 3.63) is 0 Å². The van der Waals surface area contributed by atoms with Crippen LogP contribution in [0.3, 0.4) is 0 Å². The molecule has 18 heteroatoms. The minimum atomic E-state index is -5.35. The van der Waals surface area contributed by atoms with E-state index in [0.29, 0.717) is 17.8 Å². The summed E-state index contributed by atoms with van der Waals surface area (Å²) in [5.74, 6) is 0.809. The Labute approximate surface area is 349 Å². The maximum Gasteiger partial charge on any atom is 1.00 e. The Balaban J connectivity index is 0.00000368. The molecule has 12 atom stereocenters. The van der Waals surface area contributed by atoms with Crippen LogP contribution in [-0.4, -0.2) is 57.2 Å². The number of fused-ring (bicyclic) bond motifs is 5. The molecule has 4 rings (SSSR count). The Morgan fingerprint density at radius 3 is 1.68 bits per heavy atom. The molecule has 0 N–H and O–H groups in total. The van der Waals surface area contributed by atoms with Gasteiger partial charge in [0.25, 0.3) is 0 Å². The average Bonchev–Trinajstić information content (AvgIpc) is 3.17. The Morgan fingerprint density at radius 2 is 1.17 bits per heavy atom. The van der Waals surface area contributed by atoms with Crippen LogP contribution < -0.4 is 88.7 Å². The monoisotopic (exact) mass is 754 g/mol. The van der Waals surface area contributed by atoms with Crippen LogP contribution in [0.25, 0.3) is 0 Å². The molecule has 4 fully saturated rings. The first kappa shape index (κ1) is 47.6. The Kier molecular flexibility index (Phi) is 17.2. The van der Waals surface area contributed by atoms with Crippen molar-refractivity contribution < 1.29 is 140 Å². The zero-order valence-corrected chi connectivity index (χ0v) is 38.2. The van der Waals surface area contributed by atoms with Gasteiger partial charge in [0.2, 0.25) is 31.2 Å². The topological polar surface area (TPSA) is 199 Å². The van der Waals surface area contributed by atoms with E-state index in [2.05, 4.69) is 45.7 Å². The van der Waals surface area contributed by atoms with Crippen molar-refractivity contribution in [2.45, 2.75) is 125 Å². The molecule has 0 aromatic heterocycles. The van der Waals surface area contributed by atoms with E-state index in [9.17, 15) is 38.9 Å². The number of rotatable bonds is 10. The van der Waals surface area contributed by atoms with Gasteiger partial charge in [-0.25, -0.2) is 25.3 Å². The van der Waals surface area contributed by atoms with Gasteiger partial charge in [0, 0.05) is 0 Å². The van der Waals surface area contributed by atoms with Crippen LogP contribution in [0.5, 0.6) is 0 Å². The Bertz CT molecular complexity index is 1390. The van der Waals surface area contributed by atoms with E-state index >= 15 is 0 Å². The molecule has 0 heterocycles. The fourth-order valence-corrected chi connectivity index (χ4v) is 11.7. The maximum atomic E-state index is 11.9. The smallest absolute Gasteiger partial charge is 0.726 e. The van der Waals surface area contributed by atoms with Gasteiger partial charge < -0.3 is 13.7 Å². The minimum Gasteiger partial charge on any atom is -0.726 e. The van der Waals surface area contributed by atoms with Crippen molar-refractivity contribution in [1.82, 2.24) is 0 Å². The quantitative estimate of drug-likeness (QED) is 0.118. The van der Waals surface area contributed by atoms with E-state index in [-0.39, 0.29) is 137 Å². The number of hydrogen-bond acceptors (Lipinski definition) is 12.